The van der Waals surface area contributed by atoms with Gasteiger partial charge in [0.25, 0.3) is 0 Å². The van der Waals surface area contributed by atoms with E-state index in [1.807, 2.05) is 0 Å². The van der Waals surface area contributed by atoms with Gasteiger partial charge in [-0.25, -0.2) is 4.79 Å². The number of rotatable bonds is 3. The Labute approximate surface area is 117 Å². The second kappa shape index (κ2) is 6.21. The van der Waals surface area contributed by atoms with E-state index in [0.29, 0.717) is 0 Å². The van der Waals surface area contributed by atoms with Crippen LogP contribution in [0.5, 0.6) is 0 Å². The molecule has 0 unspecified atom stereocenters. The molecule has 0 amide bonds. The van der Waals surface area contributed by atoms with Crippen LogP contribution in [0.3, 0.4) is 0 Å². The highest BCUT2D eigenvalue weighted by Crippen LogP contribution is 2.40. The summed E-state index contributed by atoms with van der Waals surface area (Å²) in [6.45, 7) is 1.56. The van der Waals surface area contributed by atoms with E-state index in [-0.39, 0.29) is 27.5 Å². The van der Waals surface area contributed by atoms with E-state index in [4.69, 9.17) is 5.26 Å². The van der Waals surface area contributed by atoms with Crippen molar-refractivity contribution >= 4 is 30.4 Å². The molecule has 0 aliphatic carbocycles. The van der Waals surface area contributed by atoms with Gasteiger partial charge in [-0.2, -0.15) is 18.4 Å². The zero-order valence-electron chi connectivity index (χ0n) is 9.61. The number of hydrogen-bond donors (Lipinski definition) is 1. The number of halogens is 3. The maximum atomic E-state index is 12.4. The smallest absolute Gasteiger partial charge is 0.446 e. The molecule has 0 bridgehead atoms. The molecular formula is C11H8F3NO2S2. The zero-order valence-corrected chi connectivity index (χ0v) is 11.3. The van der Waals surface area contributed by atoms with Gasteiger partial charge in [0.15, 0.2) is 0 Å². The molecule has 0 radical (unpaired) electrons. The van der Waals surface area contributed by atoms with Crippen LogP contribution < -0.4 is 0 Å². The molecular weight excluding hydrogens is 299 g/mol. The molecule has 0 aliphatic rings. The van der Waals surface area contributed by atoms with Gasteiger partial charge in [-0.05, 0) is 30.8 Å². The van der Waals surface area contributed by atoms with E-state index in [1.165, 1.54) is 6.92 Å². The predicted molar refractivity (Wildman–Crippen MR) is 66.3 cm³/mol. The van der Waals surface area contributed by atoms with Crippen molar-refractivity contribution in [3.05, 3.63) is 23.3 Å². The fraction of sp³-hybridized carbons (Fsp3) is 0.273. The van der Waals surface area contributed by atoms with Crippen LogP contribution in [0, 0.1) is 11.3 Å². The molecule has 0 atom stereocenters. The van der Waals surface area contributed by atoms with Crippen molar-refractivity contribution in [1.82, 2.24) is 0 Å². The van der Waals surface area contributed by atoms with Gasteiger partial charge in [0.2, 0.25) is 0 Å². The third-order valence-corrected chi connectivity index (χ3v) is 3.10. The van der Waals surface area contributed by atoms with Gasteiger partial charge in [-0.15, -0.1) is 12.6 Å². The first kappa shape index (κ1) is 15.7. The summed E-state index contributed by atoms with van der Waals surface area (Å²) < 4.78 is 41.9. The van der Waals surface area contributed by atoms with Gasteiger partial charge in [0.1, 0.15) is 6.07 Å². The molecule has 3 nitrogen and oxygen atoms in total. The molecule has 0 saturated heterocycles. The lowest BCUT2D eigenvalue weighted by Gasteiger charge is -2.12. The standard InChI is InChI=1S/C11H8F3NO2S2/c1-2-17-10(16)7-3-6(5-15)8(18)4-9(7)19-11(12,13)14/h3-4,18H,2H2,1H3. The van der Waals surface area contributed by atoms with E-state index in [1.54, 1.807) is 6.07 Å². The summed E-state index contributed by atoms with van der Waals surface area (Å²) in [6, 6.07) is 3.83. The Balaban J connectivity index is 3.31. The Hall–Kier alpha value is -1.33. The molecule has 1 rings (SSSR count). The minimum Gasteiger partial charge on any atom is -0.462 e. The average molecular weight is 307 g/mol. The minimum atomic E-state index is -4.55. The number of esters is 1. The monoisotopic (exact) mass is 307 g/mol. The fourth-order valence-corrected chi connectivity index (χ4v) is 2.25. The second-order valence-electron chi connectivity index (χ2n) is 3.25. The highest BCUT2D eigenvalue weighted by atomic mass is 32.2. The number of carbonyl (C=O) groups is 1. The Kier molecular flexibility index (Phi) is 5.14. The molecule has 0 spiro atoms. The maximum absolute atomic E-state index is 12.4. The maximum Gasteiger partial charge on any atom is 0.446 e. The van der Waals surface area contributed by atoms with Crippen LogP contribution in [0.2, 0.25) is 0 Å². The summed E-state index contributed by atoms with van der Waals surface area (Å²) >= 11 is 3.47. The summed E-state index contributed by atoms with van der Waals surface area (Å²) in [4.78, 5) is 11.3. The molecule has 19 heavy (non-hydrogen) atoms. The van der Waals surface area contributed by atoms with Crippen LogP contribution in [-0.4, -0.2) is 18.1 Å². The number of benzene rings is 1. The molecule has 0 heterocycles. The van der Waals surface area contributed by atoms with Gasteiger partial charge in [-0.3, -0.25) is 0 Å². The molecule has 0 fully saturated rings. The normalized spacial score (nSPS) is 10.9. The van der Waals surface area contributed by atoms with E-state index < -0.39 is 23.2 Å². The lowest BCUT2D eigenvalue weighted by Crippen LogP contribution is -2.09. The minimum absolute atomic E-state index is 0.0120. The predicted octanol–water partition coefficient (Wildman–Crippen LogP) is 3.64. The van der Waals surface area contributed by atoms with Crippen LogP contribution in [-0.2, 0) is 4.74 Å². The zero-order chi connectivity index (χ0) is 14.6. The number of thiol groups is 1. The van der Waals surface area contributed by atoms with Crippen molar-refractivity contribution < 1.29 is 22.7 Å². The number of carbonyl (C=O) groups excluding carboxylic acids is 1. The molecule has 1 aromatic carbocycles. The number of ether oxygens (including phenoxy) is 1. The van der Waals surface area contributed by atoms with Gasteiger partial charge in [-0.1, -0.05) is 0 Å². The van der Waals surface area contributed by atoms with Crippen molar-refractivity contribution in [1.29, 1.82) is 5.26 Å². The SMILES string of the molecule is CCOC(=O)c1cc(C#N)c(S)cc1SC(F)(F)F. The molecule has 8 heteroatoms. The van der Waals surface area contributed by atoms with E-state index >= 15 is 0 Å². The molecule has 0 aromatic heterocycles. The van der Waals surface area contributed by atoms with Crippen LogP contribution in [0.4, 0.5) is 13.2 Å². The first-order chi connectivity index (χ1) is 8.78. The Morgan fingerprint density at radius 2 is 2.16 bits per heavy atom. The van der Waals surface area contributed by atoms with Crippen molar-refractivity contribution in [3.8, 4) is 6.07 Å². The van der Waals surface area contributed by atoms with Gasteiger partial charge in [0, 0.05) is 9.79 Å². The fourth-order valence-electron chi connectivity index (χ4n) is 1.24. The van der Waals surface area contributed by atoms with Gasteiger partial charge in [0.05, 0.1) is 17.7 Å². The van der Waals surface area contributed by atoms with Crippen LogP contribution in [0.15, 0.2) is 21.9 Å². The number of nitriles is 1. The van der Waals surface area contributed by atoms with Crippen LogP contribution in [0.25, 0.3) is 0 Å². The first-order valence-corrected chi connectivity index (χ1v) is 6.24. The second-order valence-corrected chi connectivity index (χ2v) is 4.83. The van der Waals surface area contributed by atoms with E-state index in [2.05, 4.69) is 17.4 Å². The Bertz CT molecular complexity index is 538. The third-order valence-electron chi connectivity index (χ3n) is 1.94. The highest BCUT2D eigenvalue weighted by molar-refractivity contribution is 8.00. The molecule has 1 aromatic rings. The Morgan fingerprint density at radius 1 is 1.53 bits per heavy atom. The first-order valence-electron chi connectivity index (χ1n) is 4.98. The summed E-state index contributed by atoms with van der Waals surface area (Å²) in [5, 5.41) is 8.80. The van der Waals surface area contributed by atoms with Crippen LogP contribution >= 0.6 is 24.4 Å². The number of hydrogen-bond acceptors (Lipinski definition) is 5. The lowest BCUT2D eigenvalue weighted by atomic mass is 10.1. The van der Waals surface area contributed by atoms with Crippen molar-refractivity contribution in [2.45, 2.75) is 22.2 Å². The number of thioether (sulfide) groups is 1. The summed E-state index contributed by atoms with van der Waals surface area (Å²) in [6.07, 6.45) is 0. The number of alkyl halides is 3. The number of nitrogens with zero attached hydrogens (tertiary/aromatic N) is 1. The van der Waals surface area contributed by atoms with Crippen molar-refractivity contribution in [2.75, 3.05) is 6.61 Å². The largest absolute Gasteiger partial charge is 0.462 e. The van der Waals surface area contributed by atoms with Gasteiger partial charge < -0.3 is 4.74 Å². The quantitative estimate of drug-likeness (QED) is 0.526. The topological polar surface area (TPSA) is 50.1 Å². The van der Waals surface area contributed by atoms with Crippen molar-refractivity contribution in [2.24, 2.45) is 0 Å². The van der Waals surface area contributed by atoms with E-state index in [0.717, 1.165) is 12.1 Å². The molecule has 0 saturated carbocycles. The summed E-state index contributed by atoms with van der Waals surface area (Å²) in [7, 11) is 0. The van der Waals surface area contributed by atoms with Crippen molar-refractivity contribution in [3.63, 3.8) is 0 Å². The van der Waals surface area contributed by atoms with Gasteiger partial charge >= 0.3 is 11.5 Å². The molecule has 0 N–H and O–H groups in total. The third kappa shape index (κ3) is 4.36. The summed E-state index contributed by atoms with van der Waals surface area (Å²) in [5.74, 6) is -0.904. The Morgan fingerprint density at radius 3 is 2.63 bits per heavy atom. The molecule has 0 aliphatic heterocycles. The summed E-state index contributed by atoms with van der Waals surface area (Å²) in [5.41, 5.74) is -4.83. The highest BCUT2D eigenvalue weighted by Gasteiger charge is 2.32. The molecule has 102 valence electrons. The van der Waals surface area contributed by atoms with Crippen LogP contribution in [0.1, 0.15) is 22.8 Å². The average Bonchev–Trinajstić information content (AvgIpc) is 2.27. The van der Waals surface area contributed by atoms with E-state index in [9.17, 15) is 18.0 Å². The lowest BCUT2D eigenvalue weighted by molar-refractivity contribution is -0.0328.